The number of aliphatic carboxylic acids is 1. The molecule has 0 aliphatic heterocycles. The molecule has 0 aromatic heterocycles. The predicted octanol–water partition coefficient (Wildman–Crippen LogP) is 1.52. The lowest BCUT2D eigenvalue weighted by atomic mass is 9.97. The zero-order valence-corrected chi connectivity index (χ0v) is 14.6. The van der Waals surface area contributed by atoms with Crippen molar-refractivity contribution in [2.24, 2.45) is 0 Å². The minimum atomic E-state index is -1.19. The molecule has 7 heteroatoms. The fourth-order valence-corrected chi connectivity index (χ4v) is 2.66. The van der Waals surface area contributed by atoms with Gasteiger partial charge in [0.1, 0.15) is 0 Å². The Balaban J connectivity index is 1.95. The van der Waals surface area contributed by atoms with Crippen LogP contribution in [0, 0.1) is 0 Å². The standard InChI is InChI=1S/C20H21NO6/c22-17(15-4-1-2-5-16(15)20(26)27)12-13-8-10-14(11-9-13)21-18(23)6-3-7-19(24)25/h1-2,4-5,8-11,17,22H,3,6-7,12H2,(H,21,23)(H,24,25)(H,26,27)/p-1. The van der Waals surface area contributed by atoms with Crippen molar-refractivity contribution >= 4 is 23.5 Å². The average molecular weight is 370 g/mol. The largest absolute Gasteiger partial charge is 0.550 e. The van der Waals surface area contributed by atoms with Crippen LogP contribution >= 0.6 is 0 Å². The first-order valence-electron chi connectivity index (χ1n) is 8.45. The summed E-state index contributed by atoms with van der Waals surface area (Å²) >= 11 is 0. The third-order valence-corrected chi connectivity index (χ3v) is 4.00. The van der Waals surface area contributed by atoms with Gasteiger partial charge in [-0.25, -0.2) is 4.79 Å². The number of aliphatic hydroxyl groups excluding tert-OH is 1. The van der Waals surface area contributed by atoms with E-state index >= 15 is 0 Å². The second kappa shape index (κ2) is 9.49. The number of aliphatic hydroxyl groups is 1. The van der Waals surface area contributed by atoms with E-state index in [0.29, 0.717) is 11.3 Å². The topological polar surface area (TPSA) is 127 Å². The SMILES string of the molecule is O=C([O-])CCCC(=O)Nc1ccc(CC(O)c2ccccc2C(=O)O)cc1. The van der Waals surface area contributed by atoms with Crippen molar-refractivity contribution in [3.63, 3.8) is 0 Å². The number of carbonyl (C=O) groups excluding carboxylic acids is 2. The van der Waals surface area contributed by atoms with Gasteiger partial charge in [-0.05, 0) is 42.2 Å². The number of hydrogen-bond acceptors (Lipinski definition) is 5. The molecule has 3 N–H and O–H groups in total. The first-order valence-corrected chi connectivity index (χ1v) is 8.45. The Morgan fingerprint density at radius 2 is 1.67 bits per heavy atom. The van der Waals surface area contributed by atoms with Crippen molar-refractivity contribution in [3.05, 3.63) is 65.2 Å². The summed E-state index contributed by atoms with van der Waals surface area (Å²) < 4.78 is 0. The van der Waals surface area contributed by atoms with Crippen LogP contribution in [0.15, 0.2) is 48.5 Å². The molecule has 0 fully saturated rings. The summed E-state index contributed by atoms with van der Waals surface area (Å²) in [7, 11) is 0. The monoisotopic (exact) mass is 370 g/mol. The van der Waals surface area contributed by atoms with Gasteiger partial charge >= 0.3 is 5.97 Å². The second-order valence-corrected chi connectivity index (χ2v) is 6.08. The van der Waals surface area contributed by atoms with Gasteiger partial charge in [-0.1, -0.05) is 30.3 Å². The van der Waals surface area contributed by atoms with E-state index < -0.39 is 18.0 Å². The molecule has 0 aliphatic rings. The van der Waals surface area contributed by atoms with Crippen molar-refractivity contribution in [1.29, 1.82) is 0 Å². The van der Waals surface area contributed by atoms with Crippen LogP contribution in [0.3, 0.4) is 0 Å². The van der Waals surface area contributed by atoms with E-state index in [1.165, 1.54) is 6.07 Å². The Kier molecular flexibility index (Phi) is 7.08. The summed E-state index contributed by atoms with van der Waals surface area (Å²) in [5.41, 5.74) is 1.73. The number of carboxylic acid groups (broad SMARTS) is 2. The molecule has 27 heavy (non-hydrogen) atoms. The Hall–Kier alpha value is -3.19. The van der Waals surface area contributed by atoms with Gasteiger partial charge in [0.15, 0.2) is 0 Å². The van der Waals surface area contributed by atoms with Gasteiger partial charge in [0.05, 0.1) is 11.7 Å². The Morgan fingerprint density at radius 1 is 1.00 bits per heavy atom. The van der Waals surface area contributed by atoms with Crippen LogP contribution in [-0.2, 0) is 16.0 Å². The highest BCUT2D eigenvalue weighted by atomic mass is 16.4. The summed E-state index contributed by atoms with van der Waals surface area (Å²) in [4.78, 5) is 33.3. The maximum atomic E-state index is 11.7. The molecule has 2 rings (SSSR count). The van der Waals surface area contributed by atoms with E-state index in [9.17, 15) is 29.7 Å². The van der Waals surface area contributed by atoms with E-state index in [0.717, 1.165) is 5.56 Å². The molecule has 142 valence electrons. The first-order chi connectivity index (χ1) is 12.9. The lowest BCUT2D eigenvalue weighted by molar-refractivity contribution is -0.305. The van der Waals surface area contributed by atoms with Gasteiger partial charge in [-0.15, -0.1) is 0 Å². The number of carbonyl (C=O) groups is 3. The highest BCUT2D eigenvalue weighted by Gasteiger charge is 2.16. The molecule has 0 aliphatic carbocycles. The average Bonchev–Trinajstić information content (AvgIpc) is 2.63. The zero-order chi connectivity index (χ0) is 19.8. The number of hydrogen-bond donors (Lipinski definition) is 3. The molecule has 2 aromatic carbocycles. The Morgan fingerprint density at radius 3 is 2.30 bits per heavy atom. The minimum Gasteiger partial charge on any atom is -0.550 e. The fraction of sp³-hybridized carbons (Fsp3) is 0.250. The second-order valence-electron chi connectivity index (χ2n) is 6.08. The summed E-state index contributed by atoms with van der Waals surface area (Å²) in [6.07, 6.45) is -0.615. The molecule has 1 amide bonds. The van der Waals surface area contributed by atoms with Gasteiger partial charge in [0.2, 0.25) is 5.91 Å². The van der Waals surface area contributed by atoms with Gasteiger partial charge in [0, 0.05) is 24.5 Å². The quantitative estimate of drug-likeness (QED) is 0.614. The van der Waals surface area contributed by atoms with E-state index in [2.05, 4.69) is 5.32 Å². The van der Waals surface area contributed by atoms with Gasteiger partial charge in [-0.2, -0.15) is 0 Å². The van der Waals surface area contributed by atoms with E-state index in [4.69, 9.17) is 0 Å². The molecule has 1 unspecified atom stereocenters. The van der Waals surface area contributed by atoms with Gasteiger partial charge < -0.3 is 25.4 Å². The third-order valence-electron chi connectivity index (χ3n) is 4.00. The molecular weight excluding hydrogens is 350 g/mol. The molecule has 0 radical (unpaired) electrons. The minimum absolute atomic E-state index is 0.0606. The van der Waals surface area contributed by atoms with Crippen LogP contribution in [0.1, 0.15) is 46.9 Å². The smallest absolute Gasteiger partial charge is 0.336 e. The molecule has 0 saturated carbocycles. The number of anilines is 1. The zero-order valence-electron chi connectivity index (χ0n) is 14.6. The van der Waals surface area contributed by atoms with E-state index in [1.807, 2.05) is 0 Å². The molecular formula is C20H20NO6-. The molecule has 0 bridgehead atoms. The van der Waals surface area contributed by atoms with Crippen molar-refractivity contribution in [3.8, 4) is 0 Å². The molecule has 1 atom stereocenters. The molecule has 7 nitrogen and oxygen atoms in total. The van der Waals surface area contributed by atoms with Crippen molar-refractivity contribution in [1.82, 2.24) is 0 Å². The maximum absolute atomic E-state index is 11.7. The molecule has 0 heterocycles. The van der Waals surface area contributed by atoms with Gasteiger partial charge in [0.25, 0.3) is 0 Å². The van der Waals surface area contributed by atoms with Crippen LogP contribution < -0.4 is 10.4 Å². The highest BCUT2D eigenvalue weighted by molar-refractivity contribution is 5.91. The number of amides is 1. The first kappa shape index (κ1) is 20.1. The summed E-state index contributed by atoms with van der Waals surface area (Å²) in [6.45, 7) is 0. The lowest BCUT2D eigenvalue weighted by Gasteiger charge is -2.14. The van der Waals surface area contributed by atoms with Crippen LogP contribution in [0.4, 0.5) is 5.69 Å². The summed E-state index contributed by atoms with van der Waals surface area (Å²) in [5, 5.41) is 32.6. The molecule has 2 aromatic rings. The highest BCUT2D eigenvalue weighted by Crippen LogP contribution is 2.23. The van der Waals surface area contributed by atoms with E-state index in [-0.39, 0.29) is 37.2 Å². The number of aromatic carboxylic acids is 1. The molecule has 0 saturated heterocycles. The van der Waals surface area contributed by atoms with Gasteiger partial charge in [-0.3, -0.25) is 4.79 Å². The Bertz CT molecular complexity index is 815. The van der Waals surface area contributed by atoms with Crippen LogP contribution in [-0.4, -0.2) is 28.1 Å². The number of benzene rings is 2. The van der Waals surface area contributed by atoms with Crippen LogP contribution in [0.25, 0.3) is 0 Å². The van der Waals surface area contributed by atoms with Crippen molar-refractivity contribution in [2.75, 3.05) is 5.32 Å². The van der Waals surface area contributed by atoms with Crippen molar-refractivity contribution in [2.45, 2.75) is 31.8 Å². The van der Waals surface area contributed by atoms with Crippen LogP contribution in [0.5, 0.6) is 0 Å². The number of nitrogens with one attached hydrogen (secondary N) is 1. The summed E-state index contributed by atoms with van der Waals surface area (Å²) in [6, 6.07) is 13.1. The Labute approximate surface area is 156 Å². The lowest BCUT2D eigenvalue weighted by Crippen LogP contribution is -2.22. The summed E-state index contributed by atoms with van der Waals surface area (Å²) in [5.74, 6) is -2.57. The van der Waals surface area contributed by atoms with E-state index in [1.54, 1.807) is 42.5 Å². The number of rotatable bonds is 9. The normalized spacial score (nSPS) is 11.6. The van der Waals surface area contributed by atoms with Crippen LogP contribution in [0.2, 0.25) is 0 Å². The predicted molar refractivity (Wildman–Crippen MR) is 96.0 cm³/mol. The number of carboxylic acids is 2. The maximum Gasteiger partial charge on any atom is 0.336 e. The molecule has 0 spiro atoms. The fourth-order valence-electron chi connectivity index (χ4n) is 2.66. The van der Waals surface area contributed by atoms with Crippen molar-refractivity contribution < 1.29 is 29.7 Å². The third kappa shape index (κ3) is 6.23.